The monoisotopic (exact) mass is 675 g/mol. The summed E-state index contributed by atoms with van der Waals surface area (Å²) < 4.78 is 18.9. The van der Waals surface area contributed by atoms with Crippen LogP contribution in [0.5, 0.6) is 17.2 Å². The lowest BCUT2D eigenvalue weighted by atomic mass is 10.1. The van der Waals surface area contributed by atoms with Crippen molar-refractivity contribution in [2.45, 2.75) is 43.8 Å². The highest BCUT2D eigenvalue weighted by molar-refractivity contribution is 7.99. The number of benzene rings is 3. The third-order valence-electron chi connectivity index (χ3n) is 7.39. The minimum atomic E-state index is 0.454. The van der Waals surface area contributed by atoms with Crippen molar-refractivity contribution in [2.24, 2.45) is 0 Å². The molecule has 0 fully saturated rings. The Morgan fingerprint density at radius 3 is 1.98 bits per heavy atom. The van der Waals surface area contributed by atoms with Crippen molar-refractivity contribution in [3.63, 3.8) is 0 Å². The lowest BCUT2D eigenvalue weighted by Gasteiger charge is -2.17. The predicted octanol–water partition coefficient (Wildman–Crippen LogP) is 9.79. The van der Waals surface area contributed by atoms with Crippen LogP contribution in [0.3, 0.4) is 0 Å². The number of nitrogens with one attached hydrogen (secondary N) is 1. The van der Waals surface area contributed by atoms with Crippen LogP contribution in [0, 0.1) is 20.8 Å². The van der Waals surface area contributed by atoms with Gasteiger partial charge in [0.1, 0.15) is 17.2 Å². The number of aryl methyl sites for hydroxylation is 1. The summed E-state index contributed by atoms with van der Waals surface area (Å²) in [6.45, 7) is 11.9. The summed E-state index contributed by atoms with van der Waals surface area (Å²) in [5.74, 6) is 2.00. The molecule has 9 heteroatoms. The molecule has 0 saturated heterocycles. The molecule has 240 valence electrons. The van der Waals surface area contributed by atoms with Crippen molar-refractivity contribution in [1.82, 2.24) is 14.9 Å². The summed E-state index contributed by atoms with van der Waals surface area (Å²) >= 11 is 14.3. The molecule has 0 saturated carbocycles. The zero-order valence-electron chi connectivity index (χ0n) is 27.0. The van der Waals surface area contributed by atoms with Crippen molar-refractivity contribution < 1.29 is 14.2 Å². The minimum absolute atomic E-state index is 0.454. The number of ether oxygens (including phenoxy) is 3. The molecule has 46 heavy (non-hydrogen) atoms. The van der Waals surface area contributed by atoms with E-state index in [1.165, 1.54) is 5.56 Å². The number of nitrogens with zero attached hydrogens (tertiary/aromatic N) is 2. The highest BCUT2D eigenvalue weighted by Gasteiger charge is 2.22. The lowest BCUT2D eigenvalue weighted by molar-refractivity contribution is 0.368. The zero-order valence-corrected chi connectivity index (χ0v) is 29.3. The SMILES string of the molecule is C=C(NCc1c(OC)cc(OC)cc1OC)c1c(C)c(Sc2cc(Cl)cc(Cl)c2)n(Cc2ccncc2)c1C.Cc1ccccc1. The second-order valence-corrected chi connectivity index (χ2v) is 12.5. The van der Waals surface area contributed by atoms with Gasteiger partial charge in [0.25, 0.3) is 0 Å². The molecule has 0 aliphatic rings. The maximum absolute atomic E-state index is 6.32. The topological polar surface area (TPSA) is 57.5 Å². The fraction of sp³-hybridized carbons (Fsp3) is 0.216. The molecule has 3 aromatic carbocycles. The largest absolute Gasteiger partial charge is 0.496 e. The molecule has 0 radical (unpaired) electrons. The van der Waals surface area contributed by atoms with Crippen LogP contribution in [0.2, 0.25) is 10.0 Å². The van der Waals surface area contributed by atoms with Gasteiger partial charge in [-0.15, -0.1) is 0 Å². The number of methoxy groups -OCH3 is 3. The Hall–Kier alpha value is -4.04. The van der Waals surface area contributed by atoms with E-state index in [0.29, 0.717) is 40.4 Å². The molecule has 0 unspecified atom stereocenters. The van der Waals surface area contributed by atoms with E-state index < -0.39 is 0 Å². The molecule has 0 amide bonds. The number of aromatic nitrogens is 2. The summed E-state index contributed by atoms with van der Waals surface area (Å²) in [5.41, 5.74) is 7.38. The Morgan fingerprint density at radius 1 is 0.848 bits per heavy atom. The lowest BCUT2D eigenvalue weighted by Crippen LogP contribution is -2.14. The molecular weight excluding hydrogens is 637 g/mol. The molecule has 6 nitrogen and oxygen atoms in total. The molecule has 0 spiro atoms. The van der Waals surface area contributed by atoms with Gasteiger partial charge in [-0.05, 0) is 62.2 Å². The first kappa shape index (κ1) is 34.8. The van der Waals surface area contributed by atoms with Crippen LogP contribution in [0.15, 0.2) is 102 Å². The first-order valence-electron chi connectivity index (χ1n) is 14.6. The summed E-state index contributed by atoms with van der Waals surface area (Å²) in [6.07, 6.45) is 3.61. The van der Waals surface area contributed by atoms with Gasteiger partial charge in [0.05, 0.1) is 31.9 Å². The summed E-state index contributed by atoms with van der Waals surface area (Å²) in [4.78, 5) is 5.13. The van der Waals surface area contributed by atoms with Gasteiger partial charge in [-0.3, -0.25) is 4.98 Å². The molecule has 0 aliphatic carbocycles. The van der Waals surface area contributed by atoms with Crippen LogP contribution in [0.1, 0.15) is 33.5 Å². The van der Waals surface area contributed by atoms with Gasteiger partial charge in [-0.25, -0.2) is 0 Å². The van der Waals surface area contributed by atoms with E-state index in [9.17, 15) is 0 Å². The highest BCUT2D eigenvalue weighted by Crippen LogP contribution is 2.40. The Kier molecular flexibility index (Phi) is 12.5. The van der Waals surface area contributed by atoms with E-state index >= 15 is 0 Å². The molecule has 5 rings (SSSR count). The van der Waals surface area contributed by atoms with Gasteiger partial charge in [-0.1, -0.05) is 77.4 Å². The van der Waals surface area contributed by atoms with Gasteiger partial charge in [0.2, 0.25) is 0 Å². The quantitative estimate of drug-likeness (QED) is 0.150. The average molecular weight is 677 g/mol. The van der Waals surface area contributed by atoms with Crippen molar-refractivity contribution >= 4 is 40.7 Å². The van der Waals surface area contributed by atoms with Crippen LogP contribution in [-0.2, 0) is 13.1 Å². The number of hydrogen-bond acceptors (Lipinski definition) is 6. The molecule has 5 aromatic rings. The van der Waals surface area contributed by atoms with Gasteiger partial charge in [0, 0.05) is 69.5 Å². The van der Waals surface area contributed by atoms with E-state index in [2.05, 4.69) is 54.4 Å². The predicted molar refractivity (Wildman–Crippen MR) is 191 cm³/mol. The van der Waals surface area contributed by atoms with Crippen molar-refractivity contribution in [2.75, 3.05) is 21.3 Å². The smallest absolute Gasteiger partial charge is 0.131 e. The normalized spacial score (nSPS) is 10.5. The van der Waals surface area contributed by atoms with Crippen molar-refractivity contribution in [3.8, 4) is 17.2 Å². The van der Waals surface area contributed by atoms with E-state index in [4.69, 9.17) is 37.4 Å². The Balaban J connectivity index is 0.000000606. The summed E-state index contributed by atoms with van der Waals surface area (Å²) in [6, 6.07) is 23.6. The number of rotatable bonds is 11. The van der Waals surface area contributed by atoms with Gasteiger partial charge in [-0.2, -0.15) is 0 Å². The fourth-order valence-electron chi connectivity index (χ4n) is 5.07. The number of halogens is 2. The summed E-state index contributed by atoms with van der Waals surface area (Å²) in [5, 5.41) is 5.78. The Morgan fingerprint density at radius 2 is 1.46 bits per heavy atom. The molecule has 1 N–H and O–H groups in total. The van der Waals surface area contributed by atoms with Crippen molar-refractivity contribution in [3.05, 3.63) is 135 Å². The van der Waals surface area contributed by atoms with Gasteiger partial charge < -0.3 is 24.1 Å². The first-order chi connectivity index (χ1) is 22.1. The van der Waals surface area contributed by atoms with Crippen LogP contribution < -0.4 is 19.5 Å². The molecule has 0 aliphatic heterocycles. The van der Waals surface area contributed by atoms with Gasteiger partial charge in [0.15, 0.2) is 0 Å². The maximum Gasteiger partial charge on any atom is 0.131 e. The molecule has 0 bridgehead atoms. The van der Waals surface area contributed by atoms with E-state index in [0.717, 1.165) is 43.6 Å². The van der Waals surface area contributed by atoms with Crippen LogP contribution in [0.4, 0.5) is 0 Å². The van der Waals surface area contributed by atoms with E-state index in [-0.39, 0.29) is 0 Å². The molecule has 2 aromatic heterocycles. The summed E-state index contributed by atoms with van der Waals surface area (Å²) in [7, 11) is 4.88. The standard InChI is InChI=1S/C30H31Cl2N3O3S.C7H8/c1-18-29(19(2)34-16-26-27(37-5)14-24(36-4)15-28(26)38-6)20(3)35(17-21-7-9-33-10-8-21)30(18)39-25-12-22(31)11-23(32)13-25;1-7-5-3-2-4-6-7/h7-15,34H,2,16-17H2,1,3-6H3;2-6H,1H3. The van der Waals surface area contributed by atoms with E-state index in [1.807, 2.05) is 67.0 Å². The second kappa shape index (κ2) is 16.5. The Labute approximate surface area is 286 Å². The maximum atomic E-state index is 6.32. The van der Waals surface area contributed by atoms with Crippen LogP contribution in [0.25, 0.3) is 5.70 Å². The minimum Gasteiger partial charge on any atom is -0.496 e. The molecular formula is C37H39Cl2N3O3S. The number of hydrogen-bond donors (Lipinski definition) is 1. The third-order valence-corrected chi connectivity index (χ3v) is 9.01. The molecule has 0 atom stereocenters. The van der Waals surface area contributed by atoms with Crippen molar-refractivity contribution in [1.29, 1.82) is 0 Å². The highest BCUT2D eigenvalue weighted by atomic mass is 35.5. The fourth-order valence-corrected chi connectivity index (χ4v) is 6.89. The molecule has 2 heterocycles. The first-order valence-corrected chi connectivity index (χ1v) is 16.2. The van der Waals surface area contributed by atoms with Gasteiger partial charge >= 0.3 is 0 Å². The zero-order chi connectivity index (χ0) is 33.2. The van der Waals surface area contributed by atoms with Crippen LogP contribution in [-0.4, -0.2) is 30.9 Å². The second-order valence-electron chi connectivity index (χ2n) is 10.5. The Bertz CT molecular complexity index is 1730. The third kappa shape index (κ3) is 8.81. The van der Waals surface area contributed by atoms with Crippen LogP contribution >= 0.6 is 35.0 Å². The average Bonchev–Trinajstić information content (AvgIpc) is 3.27. The number of pyridine rings is 1. The van der Waals surface area contributed by atoms with E-state index in [1.54, 1.807) is 39.2 Å².